The van der Waals surface area contributed by atoms with E-state index in [2.05, 4.69) is 0 Å². The molecule has 2 aromatic rings. The highest BCUT2D eigenvalue weighted by Crippen LogP contribution is 2.25. The standard InChI is InChI=1S/C17H19NO4/c1-4-22-13-7-5-6-12(10-13)15-9-8-14(17(20)21)16(19)18(15)11(2)3/h5-11H,4H2,1-3H3,(H,20,21). The summed E-state index contributed by atoms with van der Waals surface area (Å²) in [6.07, 6.45) is 0. The van der Waals surface area contributed by atoms with Gasteiger partial charge < -0.3 is 14.4 Å². The van der Waals surface area contributed by atoms with Crippen molar-refractivity contribution in [2.24, 2.45) is 0 Å². The maximum absolute atomic E-state index is 12.4. The average molecular weight is 301 g/mol. The Morgan fingerprint density at radius 3 is 2.59 bits per heavy atom. The first kappa shape index (κ1) is 15.8. The van der Waals surface area contributed by atoms with E-state index in [4.69, 9.17) is 9.84 Å². The normalized spacial score (nSPS) is 10.7. The lowest BCUT2D eigenvalue weighted by molar-refractivity contribution is 0.0694. The summed E-state index contributed by atoms with van der Waals surface area (Å²) in [5.74, 6) is -0.501. The van der Waals surface area contributed by atoms with Crippen molar-refractivity contribution in [3.8, 4) is 17.0 Å². The van der Waals surface area contributed by atoms with Crippen LogP contribution < -0.4 is 10.3 Å². The van der Waals surface area contributed by atoms with Crippen molar-refractivity contribution in [3.63, 3.8) is 0 Å². The number of hydrogen-bond donors (Lipinski definition) is 1. The van der Waals surface area contributed by atoms with E-state index in [1.54, 1.807) is 6.07 Å². The number of nitrogens with zero attached hydrogens (tertiary/aromatic N) is 1. The quantitative estimate of drug-likeness (QED) is 0.921. The summed E-state index contributed by atoms with van der Waals surface area (Å²) in [6, 6.07) is 10.3. The van der Waals surface area contributed by atoms with Gasteiger partial charge in [0.15, 0.2) is 0 Å². The zero-order valence-electron chi connectivity index (χ0n) is 12.9. The summed E-state index contributed by atoms with van der Waals surface area (Å²) in [5, 5.41) is 9.11. The monoisotopic (exact) mass is 301 g/mol. The van der Waals surface area contributed by atoms with Crippen LogP contribution in [0.2, 0.25) is 0 Å². The first-order chi connectivity index (χ1) is 10.5. The first-order valence-corrected chi connectivity index (χ1v) is 7.17. The highest BCUT2D eigenvalue weighted by molar-refractivity contribution is 5.87. The Hall–Kier alpha value is -2.56. The Balaban J connectivity index is 2.65. The second kappa shape index (κ2) is 6.47. The summed E-state index contributed by atoms with van der Waals surface area (Å²) >= 11 is 0. The van der Waals surface area contributed by atoms with Crippen molar-refractivity contribution in [1.29, 1.82) is 0 Å². The van der Waals surface area contributed by atoms with E-state index >= 15 is 0 Å². The van der Waals surface area contributed by atoms with E-state index in [1.807, 2.05) is 45.0 Å². The molecule has 116 valence electrons. The van der Waals surface area contributed by atoms with Crippen molar-refractivity contribution >= 4 is 5.97 Å². The number of carboxylic acid groups (broad SMARTS) is 1. The van der Waals surface area contributed by atoms with E-state index in [0.29, 0.717) is 18.1 Å². The Bertz CT molecular complexity index is 747. The van der Waals surface area contributed by atoms with Gasteiger partial charge in [0.1, 0.15) is 11.3 Å². The molecule has 0 saturated heterocycles. The van der Waals surface area contributed by atoms with Crippen molar-refractivity contribution in [2.45, 2.75) is 26.8 Å². The second-order valence-electron chi connectivity index (χ2n) is 5.17. The fourth-order valence-electron chi connectivity index (χ4n) is 2.38. The molecule has 0 amide bonds. The molecular weight excluding hydrogens is 282 g/mol. The van der Waals surface area contributed by atoms with Gasteiger partial charge in [0.05, 0.1) is 12.3 Å². The maximum Gasteiger partial charge on any atom is 0.341 e. The largest absolute Gasteiger partial charge is 0.494 e. The summed E-state index contributed by atoms with van der Waals surface area (Å²) in [5.41, 5.74) is 0.764. The van der Waals surface area contributed by atoms with Crippen LogP contribution in [0.5, 0.6) is 5.75 Å². The molecule has 5 nitrogen and oxygen atoms in total. The molecule has 1 N–H and O–H groups in total. The Morgan fingerprint density at radius 2 is 2.00 bits per heavy atom. The highest BCUT2D eigenvalue weighted by atomic mass is 16.5. The minimum atomic E-state index is -1.21. The number of carbonyl (C=O) groups is 1. The zero-order valence-corrected chi connectivity index (χ0v) is 12.9. The van der Waals surface area contributed by atoms with Gasteiger partial charge in [0.2, 0.25) is 0 Å². The maximum atomic E-state index is 12.4. The summed E-state index contributed by atoms with van der Waals surface area (Å²) in [6.45, 7) is 6.16. The molecule has 0 radical (unpaired) electrons. The molecule has 2 rings (SSSR count). The molecule has 0 aliphatic rings. The van der Waals surface area contributed by atoms with Crippen LogP contribution in [0.3, 0.4) is 0 Å². The van der Waals surface area contributed by atoms with Crippen LogP contribution in [-0.4, -0.2) is 22.2 Å². The third-order valence-corrected chi connectivity index (χ3v) is 3.30. The number of aromatic nitrogens is 1. The van der Waals surface area contributed by atoms with Crippen molar-refractivity contribution in [2.75, 3.05) is 6.61 Å². The van der Waals surface area contributed by atoms with Gasteiger partial charge in [-0.05, 0) is 45.0 Å². The van der Waals surface area contributed by atoms with E-state index in [1.165, 1.54) is 10.6 Å². The number of rotatable bonds is 5. The lowest BCUT2D eigenvalue weighted by Gasteiger charge is -2.17. The topological polar surface area (TPSA) is 68.5 Å². The van der Waals surface area contributed by atoms with E-state index < -0.39 is 11.5 Å². The molecule has 5 heteroatoms. The molecule has 0 atom stereocenters. The van der Waals surface area contributed by atoms with Gasteiger partial charge in [-0.25, -0.2) is 4.79 Å². The molecule has 0 aliphatic carbocycles. The lowest BCUT2D eigenvalue weighted by atomic mass is 10.1. The summed E-state index contributed by atoms with van der Waals surface area (Å²) in [7, 11) is 0. The average Bonchev–Trinajstić information content (AvgIpc) is 2.46. The van der Waals surface area contributed by atoms with Gasteiger partial charge in [-0.1, -0.05) is 12.1 Å². The molecule has 22 heavy (non-hydrogen) atoms. The number of hydrogen-bond acceptors (Lipinski definition) is 3. The van der Waals surface area contributed by atoms with Gasteiger partial charge in [-0.3, -0.25) is 4.79 Å². The molecular formula is C17H19NO4. The number of ether oxygens (including phenoxy) is 1. The van der Waals surface area contributed by atoms with Crippen LogP contribution in [0.15, 0.2) is 41.2 Å². The third-order valence-electron chi connectivity index (χ3n) is 3.30. The highest BCUT2D eigenvalue weighted by Gasteiger charge is 2.17. The third kappa shape index (κ3) is 3.03. The number of pyridine rings is 1. The van der Waals surface area contributed by atoms with Crippen LogP contribution in [0.25, 0.3) is 11.3 Å². The van der Waals surface area contributed by atoms with Gasteiger partial charge in [-0.15, -0.1) is 0 Å². The van der Waals surface area contributed by atoms with Crippen molar-refractivity contribution in [1.82, 2.24) is 4.57 Å². The predicted molar refractivity (Wildman–Crippen MR) is 84.7 cm³/mol. The van der Waals surface area contributed by atoms with Crippen molar-refractivity contribution < 1.29 is 14.6 Å². The van der Waals surface area contributed by atoms with Gasteiger partial charge in [0.25, 0.3) is 5.56 Å². The molecule has 0 spiro atoms. The molecule has 0 bridgehead atoms. The SMILES string of the molecule is CCOc1cccc(-c2ccc(C(=O)O)c(=O)n2C(C)C)c1. The Kier molecular flexibility index (Phi) is 4.65. The summed E-state index contributed by atoms with van der Waals surface area (Å²) < 4.78 is 6.97. The number of carboxylic acids is 1. The fraction of sp³-hybridized carbons (Fsp3) is 0.294. The Morgan fingerprint density at radius 1 is 1.27 bits per heavy atom. The smallest absolute Gasteiger partial charge is 0.341 e. The van der Waals surface area contributed by atoms with Gasteiger partial charge in [0, 0.05) is 11.6 Å². The second-order valence-corrected chi connectivity index (χ2v) is 5.17. The predicted octanol–water partition coefficient (Wildman–Crippen LogP) is 3.19. The van der Waals surface area contributed by atoms with E-state index in [0.717, 1.165) is 5.56 Å². The molecule has 1 heterocycles. The lowest BCUT2D eigenvalue weighted by Crippen LogP contribution is -2.28. The minimum Gasteiger partial charge on any atom is -0.494 e. The van der Waals surface area contributed by atoms with Crippen LogP contribution in [-0.2, 0) is 0 Å². The van der Waals surface area contributed by atoms with Crippen LogP contribution in [0, 0.1) is 0 Å². The van der Waals surface area contributed by atoms with E-state index in [-0.39, 0.29) is 11.6 Å². The first-order valence-electron chi connectivity index (χ1n) is 7.17. The van der Waals surface area contributed by atoms with Crippen LogP contribution >= 0.6 is 0 Å². The molecule has 0 saturated carbocycles. The molecule has 1 aromatic heterocycles. The molecule has 0 fully saturated rings. The van der Waals surface area contributed by atoms with Crippen LogP contribution in [0.1, 0.15) is 37.2 Å². The van der Waals surface area contributed by atoms with Gasteiger partial charge >= 0.3 is 5.97 Å². The molecule has 1 aromatic carbocycles. The van der Waals surface area contributed by atoms with Crippen molar-refractivity contribution in [3.05, 3.63) is 52.3 Å². The Labute approximate surface area is 128 Å². The number of aromatic carboxylic acids is 1. The molecule has 0 unspecified atom stereocenters. The fourth-order valence-corrected chi connectivity index (χ4v) is 2.38. The zero-order chi connectivity index (χ0) is 16.3. The van der Waals surface area contributed by atoms with E-state index in [9.17, 15) is 9.59 Å². The van der Waals surface area contributed by atoms with Gasteiger partial charge in [-0.2, -0.15) is 0 Å². The molecule has 0 aliphatic heterocycles. The number of benzene rings is 1. The summed E-state index contributed by atoms with van der Waals surface area (Å²) in [4.78, 5) is 23.6. The minimum absolute atomic E-state index is 0.155. The van der Waals surface area contributed by atoms with Crippen LogP contribution in [0.4, 0.5) is 0 Å².